The molecule has 0 unspecified atom stereocenters. The van der Waals surface area contributed by atoms with Gasteiger partial charge in [0.1, 0.15) is 6.04 Å². The molecule has 1 saturated heterocycles. The van der Waals surface area contributed by atoms with Crippen LogP contribution in [0, 0.1) is 5.92 Å². The predicted molar refractivity (Wildman–Crippen MR) is 110 cm³/mol. The third-order valence-electron chi connectivity index (χ3n) is 5.22. The fourth-order valence-electron chi connectivity index (χ4n) is 3.45. The van der Waals surface area contributed by atoms with Crippen LogP contribution in [0.25, 0.3) is 0 Å². The van der Waals surface area contributed by atoms with Crippen molar-refractivity contribution in [1.29, 1.82) is 0 Å². The second-order valence-corrected chi connectivity index (χ2v) is 7.81. The number of aliphatic hydroxyl groups is 2. The number of hydrogen-bond donors (Lipinski definition) is 4. The first-order chi connectivity index (χ1) is 14.2. The molecule has 0 aromatic heterocycles. The van der Waals surface area contributed by atoms with Crippen LogP contribution < -0.4 is 10.6 Å². The van der Waals surface area contributed by atoms with Gasteiger partial charge >= 0.3 is 0 Å². The van der Waals surface area contributed by atoms with Gasteiger partial charge in [0.25, 0.3) is 0 Å². The maximum atomic E-state index is 13.0. The van der Waals surface area contributed by atoms with E-state index in [9.17, 15) is 19.2 Å². The van der Waals surface area contributed by atoms with Gasteiger partial charge in [0.2, 0.25) is 24.1 Å². The monoisotopic (exact) mass is 426 g/mol. The summed E-state index contributed by atoms with van der Waals surface area (Å²) in [5.41, 5.74) is 0.414. The van der Waals surface area contributed by atoms with Crippen LogP contribution in [-0.4, -0.2) is 95.6 Å². The SMILES string of the molecule is CC(=C[C@H](C(C)C)N(C)C(=O)CNC=O)C(=O)N1CCC[C@H]1C(=O)NC(CO)CO. The lowest BCUT2D eigenvalue weighted by Gasteiger charge is -2.30. The Morgan fingerprint density at radius 1 is 1.23 bits per heavy atom. The van der Waals surface area contributed by atoms with Crippen LogP contribution in [0.15, 0.2) is 11.6 Å². The predicted octanol–water partition coefficient (Wildman–Crippen LogP) is -1.38. The van der Waals surface area contributed by atoms with E-state index in [0.717, 1.165) is 0 Å². The highest BCUT2D eigenvalue weighted by atomic mass is 16.3. The third-order valence-corrected chi connectivity index (χ3v) is 5.22. The molecular formula is C20H34N4O6. The molecule has 2 atom stereocenters. The van der Waals surface area contributed by atoms with Gasteiger partial charge in [0, 0.05) is 19.2 Å². The Hall–Kier alpha value is -2.46. The van der Waals surface area contributed by atoms with Crippen molar-refractivity contribution in [2.75, 3.05) is 33.4 Å². The van der Waals surface area contributed by atoms with Crippen LogP contribution in [-0.2, 0) is 19.2 Å². The van der Waals surface area contributed by atoms with Crippen LogP contribution in [0.3, 0.4) is 0 Å². The highest BCUT2D eigenvalue weighted by Crippen LogP contribution is 2.21. The van der Waals surface area contributed by atoms with Gasteiger partial charge < -0.3 is 30.6 Å². The first-order valence-electron chi connectivity index (χ1n) is 10.1. The molecule has 1 fully saturated rings. The molecule has 0 radical (unpaired) electrons. The van der Waals surface area contributed by atoms with Gasteiger partial charge in [0.05, 0.1) is 31.8 Å². The van der Waals surface area contributed by atoms with Crippen LogP contribution in [0.1, 0.15) is 33.6 Å². The van der Waals surface area contributed by atoms with Crippen LogP contribution >= 0.6 is 0 Å². The highest BCUT2D eigenvalue weighted by Gasteiger charge is 2.35. The normalized spacial score (nSPS) is 17.8. The minimum atomic E-state index is -0.767. The fraction of sp³-hybridized carbons (Fsp3) is 0.700. The molecule has 30 heavy (non-hydrogen) atoms. The summed E-state index contributed by atoms with van der Waals surface area (Å²) in [7, 11) is 1.61. The van der Waals surface area contributed by atoms with E-state index in [-0.39, 0.29) is 30.3 Å². The summed E-state index contributed by atoms with van der Waals surface area (Å²) in [6.07, 6.45) is 3.34. The van der Waals surface area contributed by atoms with Crippen LogP contribution in [0.5, 0.6) is 0 Å². The smallest absolute Gasteiger partial charge is 0.249 e. The molecule has 0 aromatic rings. The Labute approximate surface area is 177 Å². The van der Waals surface area contributed by atoms with Gasteiger partial charge in [-0.05, 0) is 25.7 Å². The van der Waals surface area contributed by atoms with Crippen molar-refractivity contribution in [2.45, 2.75) is 51.7 Å². The summed E-state index contributed by atoms with van der Waals surface area (Å²) in [5.74, 6) is -0.968. The van der Waals surface area contributed by atoms with Crippen molar-refractivity contribution in [3.05, 3.63) is 11.6 Å². The molecule has 0 bridgehead atoms. The average molecular weight is 427 g/mol. The van der Waals surface area contributed by atoms with E-state index >= 15 is 0 Å². The number of likely N-dealkylation sites (N-methyl/N-ethyl adjacent to an activating group) is 1. The Morgan fingerprint density at radius 3 is 2.40 bits per heavy atom. The van der Waals surface area contributed by atoms with Gasteiger partial charge in [-0.25, -0.2) is 0 Å². The number of carbonyl (C=O) groups is 4. The quantitative estimate of drug-likeness (QED) is 0.237. The van der Waals surface area contributed by atoms with Crippen LogP contribution in [0.2, 0.25) is 0 Å². The van der Waals surface area contributed by atoms with E-state index in [1.165, 1.54) is 9.80 Å². The average Bonchev–Trinajstić information content (AvgIpc) is 3.22. The van der Waals surface area contributed by atoms with Crippen molar-refractivity contribution >= 4 is 24.1 Å². The standard InChI is InChI=1S/C20H34N4O6/c1-13(2)17(23(4)18(28)9-21-12-27)8-14(3)20(30)24-7-5-6-16(24)19(29)22-15(10-25)11-26/h8,12-13,15-17,25-26H,5-7,9-11H2,1-4H3,(H,21,27)(H,22,29)/t16-,17+/m0/s1. The molecule has 10 heteroatoms. The Kier molecular flexibility index (Phi) is 10.5. The van der Waals surface area contributed by atoms with Gasteiger partial charge in [-0.3, -0.25) is 19.2 Å². The first-order valence-corrected chi connectivity index (χ1v) is 10.1. The van der Waals surface area contributed by atoms with Gasteiger partial charge in [-0.1, -0.05) is 19.9 Å². The lowest BCUT2D eigenvalue weighted by molar-refractivity contribution is -0.136. The zero-order chi connectivity index (χ0) is 22.8. The summed E-state index contributed by atoms with van der Waals surface area (Å²) < 4.78 is 0. The summed E-state index contributed by atoms with van der Waals surface area (Å²) >= 11 is 0. The van der Waals surface area contributed by atoms with E-state index < -0.39 is 31.2 Å². The molecular weight excluding hydrogens is 392 g/mol. The maximum Gasteiger partial charge on any atom is 0.249 e. The molecule has 0 spiro atoms. The summed E-state index contributed by atoms with van der Waals surface area (Å²) in [5, 5.41) is 23.2. The van der Waals surface area contributed by atoms with Crippen molar-refractivity contribution in [1.82, 2.24) is 20.4 Å². The summed E-state index contributed by atoms with van der Waals surface area (Å²) in [6, 6.07) is -1.80. The van der Waals surface area contributed by atoms with E-state index in [1.807, 2.05) is 13.8 Å². The Bertz CT molecular complexity index is 647. The molecule has 4 amide bonds. The molecule has 1 heterocycles. The maximum absolute atomic E-state index is 13.0. The second kappa shape index (κ2) is 12.3. The van der Waals surface area contributed by atoms with Crippen molar-refractivity contribution in [3.8, 4) is 0 Å². The number of carbonyl (C=O) groups excluding carboxylic acids is 4. The molecule has 0 aliphatic carbocycles. The molecule has 0 aromatic carbocycles. The number of hydrogen-bond acceptors (Lipinski definition) is 6. The number of nitrogens with one attached hydrogen (secondary N) is 2. The summed E-state index contributed by atoms with van der Waals surface area (Å²) in [4.78, 5) is 51.2. The van der Waals surface area contributed by atoms with Gasteiger partial charge in [-0.2, -0.15) is 0 Å². The zero-order valence-corrected chi connectivity index (χ0v) is 18.1. The Morgan fingerprint density at radius 2 is 1.87 bits per heavy atom. The molecule has 10 nitrogen and oxygen atoms in total. The third kappa shape index (κ3) is 6.81. The topological polar surface area (TPSA) is 139 Å². The number of rotatable bonds is 11. The number of aliphatic hydroxyl groups excluding tert-OH is 2. The first kappa shape index (κ1) is 25.6. The lowest BCUT2D eigenvalue weighted by atomic mass is 9.99. The number of amides is 4. The minimum absolute atomic E-state index is 0.0190. The molecule has 1 rings (SSSR count). The molecule has 1 aliphatic rings. The number of likely N-dealkylation sites (tertiary alicyclic amines) is 1. The molecule has 4 N–H and O–H groups in total. The number of nitrogens with zero attached hydrogens (tertiary/aromatic N) is 2. The van der Waals surface area contributed by atoms with E-state index in [1.54, 1.807) is 20.0 Å². The van der Waals surface area contributed by atoms with E-state index in [0.29, 0.717) is 31.4 Å². The summed E-state index contributed by atoms with van der Waals surface area (Å²) in [6.45, 7) is 5.01. The van der Waals surface area contributed by atoms with Gasteiger partial charge in [-0.15, -0.1) is 0 Å². The van der Waals surface area contributed by atoms with E-state index in [2.05, 4.69) is 10.6 Å². The van der Waals surface area contributed by atoms with Crippen molar-refractivity contribution in [2.24, 2.45) is 5.92 Å². The fourth-order valence-corrected chi connectivity index (χ4v) is 3.45. The Balaban J connectivity index is 2.95. The van der Waals surface area contributed by atoms with Crippen molar-refractivity contribution < 1.29 is 29.4 Å². The molecule has 1 aliphatic heterocycles. The van der Waals surface area contributed by atoms with Crippen LogP contribution in [0.4, 0.5) is 0 Å². The largest absolute Gasteiger partial charge is 0.394 e. The van der Waals surface area contributed by atoms with E-state index in [4.69, 9.17) is 10.2 Å². The molecule has 0 saturated carbocycles. The van der Waals surface area contributed by atoms with Crippen molar-refractivity contribution in [3.63, 3.8) is 0 Å². The second-order valence-electron chi connectivity index (χ2n) is 7.81. The molecule has 170 valence electrons. The highest BCUT2D eigenvalue weighted by molar-refractivity contribution is 5.97. The minimum Gasteiger partial charge on any atom is -0.394 e. The zero-order valence-electron chi connectivity index (χ0n) is 18.1. The van der Waals surface area contributed by atoms with Gasteiger partial charge in [0.15, 0.2) is 0 Å². The lowest BCUT2D eigenvalue weighted by Crippen LogP contribution is -2.51.